The van der Waals surface area contributed by atoms with E-state index in [0.29, 0.717) is 5.92 Å². The fourth-order valence-electron chi connectivity index (χ4n) is 2.66. The van der Waals surface area contributed by atoms with Crippen LogP contribution in [0.4, 0.5) is 5.69 Å². The third kappa shape index (κ3) is 3.41. The molecule has 1 saturated heterocycles. The number of carbonyl (C=O) groups excluding carboxylic acids is 1. The highest BCUT2D eigenvalue weighted by Crippen LogP contribution is 2.34. The van der Waals surface area contributed by atoms with Crippen LogP contribution >= 0.6 is 15.9 Å². The molecule has 1 amide bonds. The Morgan fingerprint density at radius 1 is 1.45 bits per heavy atom. The molecule has 4 heteroatoms. The van der Waals surface area contributed by atoms with Gasteiger partial charge in [0.05, 0.1) is 5.69 Å². The second kappa shape index (κ2) is 6.27. The minimum Gasteiger partial charge on any atom is -0.325 e. The highest BCUT2D eigenvalue weighted by atomic mass is 79.9. The Morgan fingerprint density at radius 2 is 2.20 bits per heavy atom. The summed E-state index contributed by atoms with van der Waals surface area (Å²) in [7, 11) is 0. The lowest BCUT2D eigenvalue weighted by atomic mass is 9.74. The number of nitrogens with one attached hydrogen (secondary N) is 2. The topological polar surface area (TPSA) is 41.1 Å². The number of rotatable bonds is 3. The molecule has 110 valence electrons. The van der Waals surface area contributed by atoms with Gasteiger partial charge in [0.1, 0.15) is 0 Å². The van der Waals surface area contributed by atoms with E-state index in [9.17, 15) is 4.79 Å². The van der Waals surface area contributed by atoms with Gasteiger partial charge in [-0.1, -0.05) is 19.9 Å². The summed E-state index contributed by atoms with van der Waals surface area (Å²) in [5, 5.41) is 6.45. The van der Waals surface area contributed by atoms with Crippen molar-refractivity contribution in [2.45, 2.75) is 33.6 Å². The quantitative estimate of drug-likeness (QED) is 0.881. The van der Waals surface area contributed by atoms with Crippen LogP contribution in [0.3, 0.4) is 0 Å². The summed E-state index contributed by atoms with van der Waals surface area (Å²) in [4.78, 5) is 12.6. The molecular weight excluding hydrogens is 316 g/mol. The summed E-state index contributed by atoms with van der Waals surface area (Å²) in [6, 6.07) is 5.98. The van der Waals surface area contributed by atoms with Crippen LogP contribution in [0, 0.1) is 18.3 Å². The van der Waals surface area contributed by atoms with Crippen LogP contribution in [0.15, 0.2) is 22.7 Å². The summed E-state index contributed by atoms with van der Waals surface area (Å²) in [6.07, 6.45) is 2.26. The van der Waals surface area contributed by atoms with Gasteiger partial charge in [0, 0.05) is 9.89 Å². The van der Waals surface area contributed by atoms with E-state index in [1.165, 1.54) is 5.56 Å². The van der Waals surface area contributed by atoms with Crippen LogP contribution in [0.2, 0.25) is 0 Å². The third-order valence-electron chi connectivity index (χ3n) is 4.28. The van der Waals surface area contributed by atoms with Gasteiger partial charge in [-0.3, -0.25) is 4.79 Å². The predicted octanol–water partition coefficient (Wildman–Crippen LogP) is 3.72. The molecule has 1 aromatic carbocycles. The molecule has 0 spiro atoms. The first-order chi connectivity index (χ1) is 9.41. The number of piperidine rings is 1. The highest BCUT2D eigenvalue weighted by Gasteiger charge is 2.37. The molecule has 1 unspecified atom stereocenters. The molecule has 2 rings (SSSR count). The normalized spacial score (nSPS) is 19.7. The number of hydrogen-bond donors (Lipinski definition) is 2. The third-order valence-corrected chi connectivity index (χ3v) is 4.93. The van der Waals surface area contributed by atoms with E-state index in [1.54, 1.807) is 0 Å². The Hall–Kier alpha value is -0.870. The first-order valence-electron chi connectivity index (χ1n) is 7.19. The molecule has 1 atom stereocenters. The Bertz CT molecular complexity index is 493. The van der Waals surface area contributed by atoms with Crippen LogP contribution in [0.5, 0.6) is 0 Å². The van der Waals surface area contributed by atoms with E-state index >= 15 is 0 Å². The fraction of sp³-hybridized carbons (Fsp3) is 0.562. The number of anilines is 1. The maximum Gasteiger partial charge on any atom is 0.230 e. The molecule has 1 aliphatic rings. The van der Waals surface area contributed by atoms with Crippen molar-refractivity contribution < 1.29 is 4.79 Å². The number of hydrogen-bond acceptors (Lipinski definition) is 2. The molecule has 0 aromatic heterocycles. The maximum absolute atomic E-state index is 12.6. The maximum atomic E-state index is 12.6. The van der Waals surface area contributed by atoms with Gasteiger partial charge in [-0.15, -0.1) is 0 Å². The lowest BCUT2D eigenvalue weighted by Gasteiger charge is -2.36. The molecule has 0 aliphatic carbocycles. The molecule has 3 nitrogen and oxygen atoms in total. The summed E-state index contributed by atoms with van der Waals surface area (Å²) >= 11 is 3.51. The molecule has 1 heterocycles. The zero-order chi connectivity index (χ0) is 14.8. The largest absolute Gasteiger partial charge is 0.325 e. The lowest BCUT2D eigenvalue weighted by molar-refractivity contribution is -0.127. The van der Waals surface area contributed by atoms with Crippen LogP contribution < -0.4 is 10.6 Å². The summed E-state index contributed by atoms with van der Waals surface area (Å²) in [5.41, 5.74) is 1.65. The summed E-state index contributed by atoms with van der Waals surface area (Å²) < 4.78 is 0.934. The van der Waals surface area contributed by atoms with Crippen molar-refractivity contribution in [2.24, 2.45) is 11.3 Å². The Labute approximate surface area is 129 Å². The Balaban J connectivity index is 2.09. The van der Waals surface area contributed by atoms with Gasteiger partial charge in [0.15, 0.2) is 0 Å². The van der Waals surface area contributed by atoms with E-state index in [-0.39, 0.29) is 11.3 Å². The highest BCUT2D eigenvalue weighted by molar-refractivity contribution is 9.10. The number of carbonyl (C=O) groups is 1. The minimum absolute atomic E-state index is 0.0933. The van der Waals surface area contributed by atoms with Crippen molar-refractivity contribution in [2.75, 3.05) is 18.4 Å². The van der Waals surface area contributed by atoms with Gasteiger partial charge in [-0.25, -0.2) is 0 Å². The van der Waals surface area contributed by atoms with Crippen LogP contribution in [-0.4, -0.2) is 19.0 Å². The number of benzene rings is 1. The van der Waals surface area contributed by atoms with Gasteiger partial charge in [-0.2, -0.15) is 0 Å². The average Bonchev–Trinajstić information content (AvgIpc) is 2.42. The van der Waals surface area contributed by atoms with Crippen molar-refractivity contribution in [3.05, 3.63) is 28.2 Å². The van der Waals surface area contributed by atoms with E-state index in [1.807, 2.05) is 39.0 Å². The summed E-state index contributed by atoms with van der Waals surface area (Å²) in [6.45, 7) is 8.12. The van der Waals surface area contributed by atoms with E-state index in [4.69, 9.17) is 0 Å². The lowest BCUT2D eigenvalue weighted by Crippen LogP contribution is -2.44. The van der Waals surface area contributed by atoms with Gasteiger partial charge < -0.3 is 10.6 Å². The van der Waals surface area contributed by atoms with Crippen LogP contribution in [0.1, 0.15) is 32.3 Å². The molecule has 1 aliphatic heterocycles. The Kier molecular flexibility index (Phi) is 4.86. The molecular formula is C16H23BrN2O. The fourth-order valence-corrected chi connectivity index (χ4v) is 3.25. The standard InChI is InChI=1S/C16H23BrN2O/c1-11-6-7-14(13(17)9-11)19-15(20)16(2,3)12-5-4-8-18-10-12/h6-7,9,12,18H,4-5,8,10H2,1-3H3,(H,19,20). The van der Waals surface area contributed by atoms with Crippen molar-refractivity contribution in [1.29, 1.82) is 0 Å². The monoisotopic (exact) mass is 338 g/mol. The first-order valence-corrected chi connectivity index (χ1v) is 7.99. The Morgan fingerprint density at radius 3 is 2.80 bits per heavy atom. The van der Waals surface area contributed by atoms with Crippen molar-refractivity contribution in [3.8, 4) is 0 Å². The van der Waals surface area contributed by atoms with Crippen molar-refractivity contribution in [3.63, 3.8) is 0 Å². The predicted molar refractivity (Wildman–Crippen MR) is 86.9 cm³/mol. The minimum atomic E-state index is -0.363. The van der Waals surface area contributed by atoms with Crippen LogP contribution in [-0.2, 0) is 4.79 Å². The van der Waals surface area contributed by atoms with Gasteiger partial charge >= 0.3 is 0 Å². The SMILES string of the molecule is Cc1ccc(NC(=O)C(C)(C)C2CCCNC2)c(Br)c1. The second-order valence-corrected chi connectivity index (χ2v) is 7.06. The van der Waals surface area contributed by atoms with E-state index in [2.05, 4.69) is 26.6 Å². The smallest absolute Gasteiger partial charge is 0.230 e. The van der Waals surface area contributed by atoms with Crippen molar-refractivity contribution in [1.82, 2.24) is 5.32 Å². The number of amides is 1. The molecule has 20 heavy (non-hydrogen) atoms. The average molecular weight is 339 g/mol. The molecule has 1 aromatic rings. The molecule has 2 N–H and O–H groups in total. The molecule has 0 saturated carbocycles. The van der Waals surface area contributed by atoms with Crippen molar-refractivity contribution >= 4 is 27.5 Å². The molecule has 1 fully saturated rings. The summed E-state index contributed by atoms with van der Waals surface area (Å²) in [5.74, 6) is 0.483. The van der Waals surface area contributed by atoms with Gasteiger partial charge in [0.25, 0.3) is 0 Å². The number of aryl methyl sites for hydroxylation is 1. The van der Waals surface area contributed by atoms with Gasteiger partial charge in [-0.05, 0) is 72.4 Å². The second-order valence-electron chi connectivity index (χ2n) is 6.20. The first kappa shape index (κ1) is 15.5. The number of halogens is 1. The molecule has 0 radical (unpaired) electrons. The van der Waals surface area contributed by atoms with E-state index < -0.39 is 0 Å². The molecule has 0 bridgehead atoms. The van der Waals surface area contributed by atoms with Crippen LogP contribution in [0.25, 0.3) is 0 Å². The zero-order valence-electron chi connectivity index (χ0n) is 12.4. The van der Waals surface area contributed by atoms with Gasteiger partial charge in [0.2, 0.25) is 5.91 Å². The zero-order valence-corrected chi connectivity index (χ0v) is 14.0. The van der Waals surface area contributed by atoms with E-state index in [0.717, 1.165) is 36.1 Å².